The molecule has 0 aromatic heterocycles. The van der Waals surface area contributed by atoms with Crippen molar-refractivity contribution in [1.29, 1.82) is 0 Å². The van der Waals surface area contributed by atoms with Crippen LogP contribution in [0.3, 0.4) is 0 Å². The maximum atomic E-state index is 13.3. The van der Waals surface area contributed by atoms with Crippen molar-refractivity contribution < 1.29 is 18.3 Å². The Bertz CT molecular complexity index is 414. The van der Waals surface area contributed by atoms with E-state index in [0.29, 0.717) is 6.42 Å². The molecular formula is C13H16F2O2. The molecule has 0 bridgehead atoms. The summed E-state index contributed by atoms with van der Waals surface area (Å²) in [6, 6.07) is 3.80. The Morgan fingerprint density at radius 2 is 2.00 bits per heavy atom. The molecule has 0 spiro atoms. The van der Waals surface area contributed by atoms with E-state index in [1.54, 1.807) is 13.8 Å². The molecule has 0 heterocycles. The fraction of sp³-hybridized carbons (Fsp3) is 0.462. The van der Waals surface area contributed by atoms with Gasteiger partial charge in [-0.15, -0.1) is 0 Å². The SMILES string of the molecule is CCC(C)(C)C(=O)OCc1cccc(F)c1F. The van der Waals surface area contributed by atoms with Crippen LogP contribution in [0, 0.1) is 17.0 Å². The van der Waals surface area contributed by atoms with E-state index in [0.717, 1.165) is 6.07 Å². The number of carbonyl (C=O) groups is 1. The lowest BCUT2D eigenvalue weighted by atomic mass is 9.91. The van der Waals surface area contributed by atoms with Crippen molar-refractivity contribution in [1.82, 2.24) is 0 Å². The van der Waals surface area contributed by atoms with Gasteiger partial charge in [-0.25, -0.2) is 8.78 Å². The molecule has 0 amide bonds. The number of halogens is 2. The Hall–Kier alpha value is -1.45. The average molecular weight is 242 g/mol. The van der Waals surface area contributed by atoms with Gasteiger partial charge in [0.05, 0.1) is 5.41 Å². The lowest BCUT2D eigenvalue weighted by Crippen LogP contribution is -2.25. The number of carbonyl (C=O) groups excluding carboxylic acids is 1. The second kappa shape index (κ2) is 5.25. The smallest absolute Gasteiger partial charge is 0.311 e. The van der Waals surface area contributed by atoms with Crippen LogP contribution in [0.4, 0.5) is 8.78 Å². The Balaban J connectivity index is 2.69. The molecule has 1 aromatic rings. The number of hydrogen-bond donors (Lipinski definition) is 0. The van der Waals surface area contributed by atoms with Crippen molar-refractivity contribution >= 4 is 5.97 Å². The van der Waals surface area contributed by atoms with Crippen LogP contribution in [0.25, 0.3) is 0 Å². The van der Waals surface area contributed by atoms with Crippen molar-refractivity contribution in [3.63, 3.8) is 0 Å². The van der Waals surface area contributed by atoms with E-state index in [2.05, 4.69) is 0 Å². The van der Waals surface area contributed by atoms with Gasteiger partial charge in [-0.2, -0.15) is 0 Å². The molecule has 0 fully saturated rings. The van der Waals surface area contributed by atoms with Gasteiger partial charge in [-0.05, 0) is 26.3 Å². The molecule has 0 atom stereocenters. The van der Waals surface area contributed by atoms with Crippen LogP contribution < -0.4 is 0 Å². The number of rotatable bonds is 4. The van der Waals surface area contributed by atoms with Crippen LogP contribution >= 0.6 is 0 Å². The first-order valence-corrected chi connectivity index (χ1v) is 5.48. The van der Waals surface area contributed by atoms with E-state index in [4.69, 9.17) is 4.74 Å². The zero-order valence-electron chi connectivity index (χ0n) is 10.2. The monoisotopic (exact) mass is 242 g/mol. The minimum Gasteiger partial charge on any atom is -0.460 e. The highest BCUT2D eigenvalue weighted by molar-refractivity contribution is 5.75. The lowest BCUT2D eigenvalue weighted by Gasteiger charge is -2.20. The minimum absolute atomic E-state index is 0.0465. The van der Waals surface area contributed by atoms with Crippen LogP contribution in [-0.2, 0) is 16.1 Å². The van der Waals surface area contributed by atoms with E-state index in [9.17, 15) is 13.6 Å². The van der Waals surface area contributed by atoms with E-state index in [-0.39, 0.29) is 12.2 Å². The van der Waals surface area contributed by atoms with Crippen molar-refractivity contribution in [2.75, 3.05) is 0 Å². The Labute approximate surface area is 99.6 Å². The fourth-order valence-corrected chi connectivity index (χ4v) is 1.14. The van der Waals surface area contributed by atoms with Crippen LogP contribution in [0.1, 0.15) is 32.8 Å². The lowest BCUT2D eigenvalue weighted by molar-refractivity contribution is -0.155. The molecule has 0 aliphatic carbocycles. The van der Waals surface area contributed by atoms with Gasteiger partial charge in [-0.3, -0.25) is 4.79 Å². The molecule has 0 aliphatic rings. The van der Waals surface area contributed by atoms with Crippen molar-refractivity contribution in [2.45, 2.75) is 33.8 Å². The summed E-state index contributed by atoms with van der Waals surface area (Å²) >= 11 is 0. The van der Waals surface area contributed by atoms with Crippen molar-refractivity contribution in [3.05, 3.63) is 35.4 Å². The van der Waals surface area contributed by atoms with Gasteiger partial charge in [0.15, 0.2) is 11.6 Å². The number of benzene rings is 1. The highest BCUT2D eigenvalue weighted by atomic mass is 19.2. The van der Waals surface area contributed by atoms with Crippen LogP contribution in [0.15, 0.2) is 18.2 Å². The zero-order valence-corrected chi connectivity index (χ0v) is 10.2. The first kappa shape index (κ1) is 13.6. The van der Waals surface area contributed by atoms with Gasteiger partial charge < -0.3 is 4.74 Å². The number of esters is 1. The molecule has 17 heavy (non-hydrogen) atoms. The third kappa shape index (κ3) is 3.25. The predicted molar refractivity (Wildman–Crippen MR) is 60.2 cm³/mol. The third-order valence-electron chi connectivity index (χ3n) is 2.83. The van der Waals surface area contributed by atoms with E-state index < -0.39 is 23.0 Å². The minimum atomic E-state index is -0.963. The van der Waals surface area contributed by atoms with Gasteiger partial charge in [-0.1, -0.05) is 19.1 Å². The summed E-state index contributed by atoms with van der Waals surface area (Å²) in [5.41, 5.74) is -0.561. The fourth-order valence-electron chi connectivity index (χ4n) is 1.14. The molecule has 0 unspecified atom stereocenters. The molecule has 0 saturated heterocycles. The van der Waals surface area contributed by atoms with E-state index >= 15 is 0 Å². The Kier molecular flexibility index (Phi) is 4.21. The summed E-state index contributed by atoms with van der Waals surface area (Å²) in [5, 5.41) is 0. The third-order valence-corrected chi connectivity index (χ3v) is 2.83. The maximum absolute atomic E-state index is 13.3. The summed E-state index contributed by atoms with van der Waals surface area (Å²) in [6.45, 7) is 5.12. The summed E-state index contributed by atoms with van der Waals surface area (Å²) < 4.78 is 31.1. The van der Waals surface area contributed by atoms with Crippen LogP contribution in [0.5, 0.6) is 0 Å². The molecular weight excluding hydrogens is 226 g/mol. The number of ether oxygens (including phenoxy) is 1. The first-order valence-electron chi connectivity index (χ1n) is 5.48. The summed E-state index contributed by atoms with van der Waals surface area (Å²) in [5.74, 6) is -2.31. The van der Waals surface area contributed by atoms with Crippen LogP contribution in [-0.4, -0.2) is 5.97 Å². The topological polar surface area (TPSA) is 26.3 Å². The largest absolute Gasteiger partial charge is 0.460 e. The van der Waals surface area contributed by atoms with Gasteiger partial charge in [0.25, 0.3) is 0 Å². The highest BCUT2D eigenvalue weighted by Gasteiger charge is 2.27. The molecule has 0 saturated carbocycles. The van der Waals surface area contributed by atoms with Gasteiger partial charge >= 0.3 is 5.97 Å². The summed E-state index contributed by atoms with van der Waals surface area (Å²) in [6.07, 6.45) is 0.622. The van der Waals surface area contributed by atoms with Gasteiger partial charge in [0.1, 0.15) is 6.61 Å². The Morgan fingerprint density at radius 3 is 2.59 bits per heavy atom. The second-order valence-corrected chi connectivity index (χ2v) is 4.53. The predicted octanol–water partition coefficient (Wildman–Crippen LogP) is 3.44. The number of hydrogen-bond acceptors (Lipinski definition) is 2. The van der Waals surface area contributed by atoms with E-state index in [1.165, 1.54) is 12.1 Å². The molecule has 2 nitrogen and oxygen atoms in total. The molecule has 1 rings (SSSR count). The summed E-state index contributed by atoms with van der Waals surface area (Å²) in [4.78, 5) is 11.6. The van der Waals surface area contributed by atoms with Crippen molar-refractivity contribution in [3.8, 4) is 0 Å². The quantitative estimate of drug-likeness (QED) is 0.756. The molecule has 1 aromatic carbocycles. The average Bonchev–Trinajstić information content (AvgIpc) is 2.30. The Morgan fingerprint density at radius 1 is 1.35 bits per heavy atom. The molecule has 0 N–H and O–H groups in total. The molecule has 94 valence electrons. The van der Waals surface area contributed by atoms with Gasteiger partial charge in [0.2, 0.25) is 0 Å². The molecule has 0 radical (unpaired) electrons. The van der Waals surface area contributed by atoms with Crippen LogP contribution in [0.2, 0.25) is 0 Å². The van der Waals surface area contributed by atoms with Gasteiger partial charge in [0, 0.05) is 5.56 Å². The molecule has 0 aliphatic heterocycles. The normalized spacial score (nSPS) is 11.4. The second-order valence-electron chi connectivity index (χ2n) is 4.53. The standard InChI is InChI=1S/C13H16F2O2/c1-4-13(2,3)12(16)17-8-9-6-5-7-10(14)11(9)15/h5-7H,4,8H2,1-3H3. The first-order chi connectivity index (χ1) is 7.88. The molecule has 4 heteroatoms. The van der Waals surface area contributed by atoms with E-state index in [1.807, 2.05) is 6.92 Å². The summed E-state index contributed by atoms with van der Waals surface area (Å²) in [7, 11) is 0. The van der Waals surface area contributed by atoms with Crippen molar-refractivity contribution in [2.24, 2.45) is 5.41 Å². The maximum Gasteiger partial charge on any atom is 0.311 e. The highest BCUT2D eigenvalue weighted by Crippen LogP contribution is 2.22. The zero-order chi connectivity index (χ0) is 13.1.